The van der Waals surface area contributed by atoms with Crippen LogP contribution in [0, 0.1) is 29.6 Å². The van der Waals surface area contributed by atoms with Crippen LogP contribution in [-0.2, 0) is 63.8 Å². The van der Waals surface area contributed by atoms with Crippen molar-refractivity contribution in [3.8, 4) is 5.75 Å². The highest BCUT2D eigenvalue weighted by Crippen LogP contribution is 2.27. The van der Waals surface area contributed by atoms with E-state index >= 15 is 4.79 Å². The maximum absolute atomic E-state index is 15.0. The number of esters is 2. The minimum absolute atomic E-state index is 0.0720. The quantitative estimate of drug-likeness (QED) is 0.124. The molecular weight excluding hydrogens is 1020 g/mol. The number of aliphatic hydroxyl groups excluding tert-OH is 2. The van der Waals surface area contributed by atoms with Gasteiger partial charge in [-0.2, -0.15) is 0 Å². The van der Waals surface area contributed by atoms with E-state index in [0.29, 0.717) is 30.6 Å². The van der Waals surface area contributed by atoms with E-state index in [1.54, 1.807) is 52.0 Å². The number of benzene rings is 1. The summed E-state index contributed by atoms with van der Waals surface area (Å²) in [5.74, 6) is -10.3. The first-order chi connectivity index (χ1) is 37.0. The van der Waals surface area contributed by atoms with Crippen molar-refractivity contribution in [1.29, 1.82) is 0 Å². The van der Waals surface area contributed by atoms with Crippen molar-refractivity contribution >= 4 is 59.1 Å². The molecule has 3 aliphatic rings. The number of nitrogens with one attached hydrogen (secondary N) is 3. The van der Waals surface area contributed by atoms with Gasteiger partial charge in [-0.05, 0) is 101 Å². The summed E-state index contributed by atoms with van der Waals surface area (Å²) >= 11 is 0. The van der Waals surface area contributed by atoms with Gasteiger partial charge in [0.05, 0.1) is 31.6 Å². The first-order valence-corrected chi connectivity index (χ1v) is 28.0. The molecule has 0 aliphatic carbocycles. The molecule has 13 atom stereocenters. The molecule has 1 aromatic rings. The van der Waals surface area contributed by atoms with Gasteiger partial charge in [0.1, 0.15) is 54.2 Å². The number of ether oxygens (including phenoxy) is 3. The largest absolute Gasteiger partial charge is 0.497 e. The summed E-state index contributed by atoms with van der Waals surface area (Å²) in [6.45, 7) is 18.4. The van der Waals surface area contributed by atoms with Crippen LogP contribution in [0.4, 0.5) is 0 Å². The van der Waals surface area contributed by atoms with Gasteiger partial charge in [-0.1, -0.05) is 73.9 Å². The Morgan fingerprint density at radius 1 is 0.861 bits per heavy atom. The lowest BCUT2D eigenvalue weighted by atomic mass is 9.91. The molecule has 5 N–H and O–H groups in total. The Bertz CT molecular complexity index is 2330. The van der Waals surface area contributed by atoms with Crippen LogP contribution in [0.15, 0.2) is 24.3 Å². The van der Waals surface area contributed by atoms with Gasteiger partial charge in [-0.25, -0.2) is 4.79 Å². The average molecular weight is 1110 g/mol. The number of hydrogen-bond donors (Lipinski definition) is 5. The van der Waals surface area contributed by atoms with Gasteiger partial charge in [0, 0.05) is 33.6 Å². The number of rotatable bonds is 15. The average Bonchev–Trinajstić information content (AvgIpc) is 4.13. The topological polar surface area (TPSA) is 288 Å². The molecule has 0 radical (unpaired) electrons. The van der Waals surface area contributed by atoms with Crippen molar-refractivity contribution in [3.63, 3.8) is 0 Å². The van der Waals surface area contributed by atoms with Crippen LogP contribution in [0.2, 0.25) is 0 Å². The number of fused-ring (bicyclic) bond motifs is 1. The molecule has 3 heterocycles. The summed E-state index contributed by atoms with van der Waals surface area (Å²) in [6, 6.07) is -2.19. The number of aliphatic hydroxyl groups is 2. The van der Waals surface area contributed by atoms with E-state index in [-0.39, 0.29) is 57.0 Å². The van der Waals surface area contributed by atoms with Crippen molar-refractivity contribution in [2.45, 2.75) is 201 Å². The molecule has 7 amide bonds. The molecule has 0 bridgehead atoms. The lowest BCUT2D eigenvalue weighted by Crippen LogP contribution is -2.62. The molecule has 1 aromatic carbocycles. The predicted octanol–water partition coefficient (Wildman–Crippen LogP) is 2.32. The zero-order valence-corrected chi connectivity index (χ0v) is 48.8. The number of nitrogens with zero attached hydrogens (tertiary/aromatic N) is 4. The molecule has 2 unspecified atom stereocenters. The highest BCUT2D eigenvalue weighted by atomic mass is 16.6. The third kappa shape index (κ3) is 16.9. The lowest BCUT2D eigenvalue weighted by molar-refractivity contribution is -0.163. The van der Waals surface area contributed by atoms with E-state index in [9.17, 15) is 53.4 Å². The number of methoxy groups -OCH3 is 1. The number of ketones is 1. The molecule has 0 saturated carbocycles. The fourth-order valence-electron chi connectivity index (χ4n) is 10.5. The molecule has 3 fully saturated rings. The second-order valence-electron chi connectivity index (χ2n) is 23.0. The molecule has 3 saturated heterocycles. The fraction of sp³-hybridized carbons (Fsp3) is 0.719. The lowest BCUT2D eigenvalue weighted by Gasteiger charge is -2.36. The molecular formula is C57H89N7O15. The highest BCUT2D eigenvalue weighted by Gasteiger charge is 2.46. The summed E-state index contributed by atoms with van der Waals surface area (Å²) in [5.41, 5.74) is 0.571. The maximum atomic E-state index is 15.0. The first kappa shape index (κ1) is 65.4. The van der Waals surface area contributed by atoms with E-state index in [1.165, 1.54) is 61.6 Å². The number of likely N-dealkylation sites (tertiary alicyclic amines) is 1. The third-order valence-electron chi connectivity index (χ3n) is 15.5. The minimum Gasteiger partial charge on any atom is -0.497 e. The summed E-state index contributed by atoms with van der Waals surface area (Å²) in [5, 5.41) is 30.2. The first-order valence-electron chi connectivity index (χ1n) is 28.0. The number of likely N-dealkylation sites (N-methyl/N-ethyl adjacent to an activating group) is 2. The van der Waals surface area contributed by atoms with Crippen molar-refractivity contribution in [1.82, 2.24) is 35.6 Å². The number of carbonyl (C=O) groups is 10. The van der Waals surface area contributed by atoms with Gasteiger partial charge >= 0.3 is 11.9 Å². The molecule has 4 rings (SSSR count). The van der Waals surface area contributed by atoms with E-state index in [0.717, 1.165) is 0 Å². The van der Waals surface area contributed by atoms with Crippen LogP contribution in [0.3, 0.4) is 0 Å². The number of hydrogen-bond acceptors (Lipinski definition) is 15. The van der Waals surface area contributed by atoms with Crippen LogP contribution >= 0.6 is 0 Å². The minimum atomic E-state index is -1.76. The zero-order chi connectivity index (χ0) is 59.3. The number of Topliss-reactive ketones (excluding diaryl/α,β-unsaturated/α-hetero) is 1. The van der Waals surface area contributed by atoms with E-state index in [2.05, 4.69) is 16.0 Å². The zero-order valence-electron chi connectivity index (χ0n) is 48.8. The SMILES string of the molecule is CC[C@H](C)[C@H]1NC(=O)C(NC(=O)[C@@H](CC(C)C)N(C)C(=O)[C@@H]2CCCN2C(=O)[C@H](C)O)[C@@H](C)OC(=O)C(Cc2ccc(OC)cc2)N(C)C(=O)[C@@H]2CCCN2C(=O)[C@H](CC(C)C)NC(=O)[C@@H](C)C(=O)[C@H](C(C)C)OC(=O)C[C@@H]1O. The Morgan fingerprint density at radius 3 is 2.06 bits per heavy atom. The Morgan fingerprint density at radius 2 is 1.49 bits per heavy atom. The number of cyclic esters (lactones) is 2. The van der Waals surface area contributed by atoms with Crippen LogP contribution in [-0.4, -0.2) is 190 Å². The van der Waals surface area contributed by atoms with E-state index in [4.69, 9.17) is 14.2 Å². The summed E-state index contributed by atoms with van der Waals surface area (Å²) in [6.07, 6.45) is -4.99. The second-order valence-corrected chi connectivity index (χ2v) is 23.0. The third-order valence-corrected chi connectivity index (χ3v) is 15.5. The van der Waals surface area contributed by atoms with Crippen LogP contribution in [0.1, 0.15) is 133 Å². The van der Waals surface area contributed by atoms with Gasteiger partial charge in [0.25, 0.3) is 5.91 Å². The molecule has 79 heavy (non-hydrogen) atoms. The van der Waals surface area contributed by atoms with Crippen molar-refractivity contribution in [2.24, 2.45) is 29.6 Å². The van der Waals surface area contributed by atoms with Gasteiger partial charge in [0.2, 0.25) is 35.4 Å². The Balaban J connectivity index is 1.89. The van der Waals surface area contributed by atoms with Crippen LogP contribution in [0.25, 0.3) is 0 Å². The fourth-order valence-corrected chi connectivity index (χ4v) is 10.5. The summed E-state index contributed by atoms with van der Waals surface area (Å²) in [7, 11) is 4.29. The van der Waals surface area contributed by atoms with Crippen molar-refractivity contribution in [3.05, 3.63) is 29.8 Å². The van der Waals surface area contributed by atoms with Gasteiger partial charge in [0.15, 0.2) is 11.9 Å². The standard InChI is InChI=1S/C57H89N7O15/c1-15-33(8)46-44(66)29-45(67)79-49(32(6)7)48(68)34(9)50(69)58-39(26-30(2)3)54(73)64-25-17-19-41(64)56(75)62(13)43(28-37-20-22-38(77-14)23-21-37)57(76)78-36(11)47(52(71)59-46)60-51(70)42(27-31(4)5)61(12)55(74)40-18-16-24-63(40)53(72)35(10)65/h20-23,30-36,39-44,46-47,49,65-66H,15-19,24-29H2,1-14H3,(H,58,69)(H,59,71)(H,60,70)/t33-,34-,35-,36+,39-,40-,41-,42+,43?,44-,46+,47?,49-/m0/s1. The van der Waals surface area contributed by atoms with Gasteiger partial charge in [-0.3, -0.25) is 43.2 Å². The number of amides is 7. The number of carbonyl (C=O) groups excluding carboxylic acids is 10. The van der Waals surface area contributed by atoms with Gasteiger partial charge < -0.3 is 60.0 Å². The van der Waals surface area contributed by atoms with Crippen molar-refractivity contribution < 1.29 is 72.4 Å². The summed E-state index contributed by atoms with van der Waals surface area (Å²) in [4.78, 5) is 149. The van der Waals surface area contributed by atoms with E-state index in [1.807, 2.05) is 27.7 Å². The molecule has 3 aliphatic heterocycles. The molecule has 0 aromatic heterocycles. The maximum Gasteiger partial charge on any atom is 0.329 e. The van der Waals surface area contributed by atoms with Crippen LogP contribution in [0.5, 0.6) is 5.75 Å². The monoisotopic (exact) mass is 1110 g/mol. The van der Waals surface area contributed by atoms with E-state index < -0.39 is 150 Å². The Kier molecular flexibility index (Phi) is 24.3. The van der Waals surface area contributed by atoms with Crippen LogP contribution < -0.4 is 20.7 Å². The molecule has 22 heteroatoms. The normalized spacial score (nSPS) is 27.7. The highest BCUT2D eigenvalue weighted by molar-refractivity contribution is 6.05. The molecule has 22 nitrogen and oxygen atoms in total. The smallest absolute Gasteiger partial charge is 0.329 e. The van der Waals surface area contributed by atoms with Gasteiger partial charge in [-0.15, -0.1) is 0 Å². The second kappa shape index (κ2) is 29.3. The Labute approximate surface area is 465 Å². The molecule has 442 valence electrons. The predicted molar refractivity (Wildman–Crippen MR) is 290 cm³/mol. The summed E-state index contributed by atoms with van der Waals surface area (Å²) < 4.78 is 17.2. The van der Waals surface area contributed by atoms with Crippen molar-refractivity contribution in [2.75, 3.05) is 34.3 Å². The molecule has 0 spiro atoms. The Hall–Kier alpha value is -6.16.